The molecular formula is C18H16ClN5O6S. The van der Waals surface area contributed by atoms with Gasteiger partial charge in [-0.1, -0.05) is 29.7 Å². The summed E-state index contributed by atoms with van der Waals surface area (Å²) < 4.78 is 33.4. The van der Waals surface area contributed by atoms with Crippen molar-refractivity contribution < 1.29 is 27.6 Å². The summed E-state index contributed by atoms with van der Waals surface area (Å²) in [5.41, 5.74) is 1.58. The topological polar surface area (TPSA) is 163 Å². The number of aromatic nitrogens is 4. The Labute approximate surface area is 181 Å². The minimum atomic E-state index is -4.23. The van der Waals surface area contributed by atoms with Crippen molar-refractivity contribution in [3.63, 3.8) is 0 Å². The maximum absolute atomic E-state index is 11.0. The molecule has 0 saturated carbocycles. The molecule has 13 heteroatoms. The lowest BCUT2D eigenvalue weighted by Crippen LogP contribution is -2.35. The largest absolute Gasteiger partial charge is 0.387 e. The second-order valence-corrected chi connectivity index (χ2v) is 8.23. The number of nitrogens with two attached hydrogens (primary N) is 1. The third-order valence-electron chi connectivity index (χ3n) is 4.56. The number of imidazole rings is 1. The van der Waals surface area contributed by atoms with E-state index in [0.29, 0.717) is 27.4 Å². The molecule has 1 aromatic carbocycles. The summed E-state index contributed by atoms with van der Waals surface area (Å²) in [6, 6.07) is 7.08. The highest BCUT2D eigenvalue weighted by Gasteiger charge is 2.44. The van der Waals surface area contributed by atoms with Crippen LogP contribution in [0.5, 0.6) is 0 Å². The van der Waals surface area contributed by atoms with E-state index in [1.807, 2.05) is 0 Å². The van der Waals surface area contributed by atoms with Crippen LogP contribution in [0.1, 0.15) is 17.5 Å². The lowest BCUT2D eigenvalue weighted by Gasteiger charge is -2.16. The Bertz CT molecular complexity index is 1290. The molecule has 3 aromatic rings. The first-order chi connectivity index (χ1) is 14.7. The number of halogens is 1. The molecule has 1 saturated heterocycles. The zero-order chi connectivity index (χ0) is 22.2. The molecule has 0 spiro atoms. The Hall–Kier alpha value is -2.63. The van der Waals surface area contributed by atoms with Crippen LogP contribution in [-0.4, -0.2) is 63.1 Å². The van der Waals surface area contributed by atoms with Crippen LogP contribution in [0.15, 0.2) is 36.9 Å². The molecule has 162 valence electrons. The van der Waals surface area contributed by atoms with E-state index in [-0.39, 0.29) is 0 Å². The fourth-order valence-corrected chi connectivity index (χ4v) is 3.58. The lowest BCUT2D eigenvalue weighted by atomic mass is 10.1. The summed E-state index contributed by atoms with van der Waals surface area (Å²) in [7, 11) is -4.23. The maximum atomic E-state index is 11.0. The number of benzene rings is 1. The van der Waals surface area contributed by atoms with Gasteiger partial charge < -0.3 is 14.9 Å². The zero-order valence-corrected chi connectivity index (χ0v) is 17.2. The fourth-order valence-electron chi connectivity index (χ4n) is 3.08. The average Bonchev–Trinajstić information content (AvgIpc) is 3.27. The molecule has 11 nitrogen and oxygen atoms in total. The van der Waals surface area contributed by atoms with Crippen molar-refractivity contribution in [3.8, 4) is 11.8 Å². The Morgan fingerprint density at radius 2 is 1.97 bits per heavy atom. The van der Waals surface area contributed by atoms with Gasteiger partial charge in [0.25, 0.3) is 0 Å². The molecule has 3 heterocycles. The molecule has 2 aromatic heterocycles. The third-order valence-corrected chi connectivity index (χ3v) is 5.35. The summed E-state index contributed by atoms with van der Waals surface area (Å²) in [5.74, 6) is 5.83. The first kappa shape index (κ1) is 21.6. The predicted molar refractivity (Wildman–Crippen MR) is 108 cm³/mol. The molecule has 0 bridgehead atoms. The molecule has 31 heavy (non-hydrogen) atoms. The molecular weight excluding hydrogens is 450 g/mol. The van der Waals surface area contributed by atoms with Crippen molar-refractivity contribution in [3.05, 3.63) is 53.2 Å². The number of aliphatic hydroxyl groups excluding tert-OH is 2. The highest BCUT2D eigenvalue weighted by molar-refractivity contribution is 7.84. The van der Waals surface area contributed by atoms with Gasteiger partial charge in [-0.3, -0.25) is 8.75 Å². The maximum Gasteiger partial charge on any atom is 0.333 e. The Balaban J connectivity index is 1.63. The Kier molecular flexibility index (Phi) is 5.91. The van der Waals surface area contributed by atoms with Crippen molar-refractivity contribution in [2.75, 3.05) is 6.61 Å². The van der Waals surface area contributed by atoms with Gasteiger partial charge in [-0.2, -0.15) is 8.42 Å². The van der Waals surface area contributed by atoms with Gasteiger partial charge in [0.15, 0.2) is 11.9 Å². The van der Waals surface area contributed by atoms with Gasteiger partial charge in [0, 0.05) is 5.56 Å². The van der Waals surface area contributed by atoms with Crippen molar-refractivity contribution in [1.82, 2.24) is 19.5 Å². The number of ether oxygens (including phenoxy) is 1. The second-order valence-electron chi connectivity index (χ2n) is 6.60. The third kappa shape index (κ3) is 4.53. The molecule has 0 aliphatic carbocycles. The number of rotatable bonds is 4. The van der Waals surface area contributed by atoms with Gasteiger partial charge in [-0.05, 0) is 18.1 Å². The van der Waals surface area contributed by atoms with E-state index in [9.17, 15) is 18.6 Å². The molecule has 4 N–H and O–H groups in total. The van der Waals surface area contributed by atoms with Crippen molar-refractivity contribution in [1.29, 1.82) is 0 Å². The van der Waals surface area contributed by atoms with Gasteiger partial charge in [-0.25, -0.2) is 20.1 Å². The molecule has 1 aliphatic rings. The highest BCUT2D eigenvalue weighted by atomic mass is 35.5. The monoisotopic (exact) mass is 465 g/mol. The molecule has 0 radical (unpaired) electrons. The van der Waals surface area contributed by atoms with Crippen LogP contribution in [0.3, 0.4) is 0 Å². The molecule has 0 amide bonds. The predicted octanol–water partition coefficient (Wildman–Crippen LogP) is -0.281. The summed E-state index contributed by atoms with van der Waals surface area (Å²) in [6.07, 6.45) is -2.45. The van der Waals surface area contributed by atoms with E-state index in [2.05, 4.69) is 31.0 Å². The van der Waals surface area contributed by atoms with E-state index in [1.54, 1.807) is 24.3 Å². The molecule has 4 rings (SSSR count). The van der Waals surface area contributed by atoms with Crippen molar-refractivity contribution in [2.45, 2.75) is 24.5 Å². The zero-order valence-electron chi connectivity index (χ0n) is 15.7. The second kappa shape index (κ2) is 8.48. The van der Waals surface area contributed by atoms with Gasteiger partial charge >= 0.3 is 10.3 Å². The van der Waals surface area contributed by atoms with Crippen molar-refractivity contribution in [2.24, 2.45) is 5.14 Å². The quantitative estimate of drug-likeness (QED) is 0.439. The number of fused-ring (bicyclic) bond motifs is 1. The minimum Gasteiger partial charge on any atom is -0.387 e. The molecule has 1 fully saturated rings. The van der Waals surface area contributed by atoms with E-state index >= 15 is 0 Å². The van der Waals surface area contributed by atoms with Crippen molar-refractivity contribution >= 4 is 33.1 Å². The number of aliphatic hydroxyl groups is 2. The molecule has 0 unspecified atom stereocenters. The SMILES string of the molecule is NS(=O)(=O)OC[C@H]1O[C@@H](n2cnc3c(C#Cc4ccccc4Cl)ncnc32)[C@H](O)[C@@H]1O. The number of hydrogen-bond acceptors (Lipinski definition) is 9. The first-order valence-electron chi connectivity index (χ1n) is 8.87. The Morgan fingerprint density at radius 3 is 2.71 bits per heavy atom. The summed E-state index contributed by atoms with van der Waals surface area (Å²) >= 11 is 6.12. The first-order valence-corrected chi connectivity index (χ1v) is 10.7. The smallest absolute Gasteiger partial charge is 0.333 e. The Morgan fingerprint density at radius 1 is 1.19 bits per heavy atom. The number of hydrogen-bond donors (Lipinski definition) is 3. The highest BCUT2D eigenvalue weighted by Crippen LogP contribution is 2.32. The van der Waals surface area contributed by atoms with E-state index in [0.717, 1.165) is 0 Å². The van der Waals surface area contributed by atoms with Gasteiger partial charge in [0.2, 0.25) is 0 Å². The average molecular weight is 466 g/mol. The van der Waals surface area contributed by atoms with E-state index in [1.165, 1.54) is 17.2 Å². The summed E-state index contributed by atoms with van der Waals surface area (Å²) in [5, 5.41) is 25.9. The number of nitrogens with zero attached hydrogens (tertiary/aromatic N) is 4. The van der Waals surface area contributed by atoms with Crippen LogP contribution >= 0.6 is 11.6 Å². The van der Waals surface area contributed by atoms with Crippen LogP contribution in [0.25, 0.3) is 11.2 Å². The normalized spacial score (nSPS) is 23.6. The summed E-state index contributed by atoms with van der Waals surface area (Å²) in [6.45, 7) is -0.566. The van der Waals surface area contributed by atoms with Crippen LogP contribution < -0.4 is 5.14 Å². The van der Waals surface area contributed by atoms with Gasteiger partial charge in [0.1, 0.15) is 35.8 Å². The summed E-state index contributed by atoms with van der Waals surface area (Å²) in [4.78, 5) is 12.6. The van der Waals surface area contributed by atoms with Gasteiger partial charge in [-0.15, -0.1) is 0 Å². The van der Waals surface area contributed by atoms with E-state index in [4.69, 9.17) is 21.5 Å². The van der Waals surface area contributed by atoms with Crippen LogP contribution in [0.2, 0.25) is 5.02 Å². The fraction of sp³-hybridized carbons (Fsp3) is 0.278. The van der Waals surface area contributed by atoms with Crippen LogP contribution in [-0.2, 0) is 19.2 Å². The van der Waals surface area contributed by atoms with Crippen LogP contribution in [0.4, 0.5) is 0 Å². The van der Waals surface area contributed by atoms with Gasteiger partial charge in [0.05, 0.1) is 18.0 Å². The van der Waals surface area contributed by atoms with E-state index < -0.39 is 41.5 Å². The molecule has 4 atom stereocenters. The van der Waals surface area contributed by atoms with Crippen LogP contribution in [0, 0.1) is 11.8 Å². The lowest BCUT2D eigenvalue weighted by molar-refractivity contribution is -0.0467. The minimum absolute atomic E-state index is 0.294. The standard InChI is InChI=1S/C18H16ClN5O6S/c19-11-4-2-1-3-10(11)5-6-12-14-17(22-8-21-12)24(9-23-14)18-16(26)15(25)13(30-18)7-29-31(20,27)28/h1-4,8-9,13,15-16,18,25-26H,7H2,(H2,20,27,28)/t13-,15-,16-,18-/m1/s1. The molecule has 1 aliphatic heterocycles.